The van der Waals surface area contributed by atoms with Crippen LogP contribution < -0.4 is 14.8 Å². The molecule has 0 atom stereocenters. The van der Waals surface area contributed by atoms with Crippen LogP contribution in [0.25, 0.3) is 0 Å². The Kier molecular flexibility index (Phi) is 8.19. The summed E-state index contributed by atoms with van der Waals surface area (Å²) < 4.78 is 38.6. The van der Waals surface area contributed by atoms with Gasteiger partial charge in [0.15, 0.2) is 5.75 Å². The lowest BCUT2D eigenvalue weighted by Crippen LogP contribution is -2.35. The second-order valence-electron chi connectivity index (χ2n) is 7.93. The van der Waals surface area contributed by atoms with E-state index in [1.165, 1.54) is 14.2 Å². The predicted octanol–water partition coefficient (Wildman–Crippen LogP) is 5.52. The van der Waals surface area contributed by atoms with Crippen molar-refractivity contribution in [1.29, 1.82) is 0 Å². The van der Waals surface area contributed by atoms with Gasteiger partial charge in [-0.1, -0.05) is 49.7 Å². The number of carbonyl (C=O) groups excluding carboxylic acids is 1. The highest BCUT2D eigenvalue weighted by atomic mass is 35.5. The number of carbonyl (C=O) groups is 1. The zero-order valence-corrected chi connectivity index (χ0v) is 21.0. The smallest absolute Gasteiger partial charge is 0.246 e. The van der Waals surface area contributed by atoms with Crippen LogP contribution in [0.15, 0.2) is 71.6 Å². The zero-order chi connectivity index (χ0) is 24.9. The molecule has 1 N–H and O–H groups in total. The molecule has 0 aromatic heterocycles. The summed E-state index contributed by atoms with van der Waals surface area (Å²) in [5, 5.41) is 3.09. The van der Waals surface area contributed by atoms with Crippen LogP contribution in [0, 0.1) is 0 Å². The van der Waals surface area contributed by atoms with Crippen LogP contribution in [0.2, 0.25) is 5.02 Å². The SMILES string of the molecule is COc1ccc(C(C)C)cc1S(=O)(=O)N(C)CC(=O)Nc1cc(Cl)ccc1Oc1ccccc1. The first-order chi connectivity index (χ1) is 16.1. The summed E-state index contributed by atoms with van der Waals surface area (Å²) in [6.07, 6.45) is 0. The molecular weight excluding hydrogens is 476 g/mol. The number of nitrogens with zero attached hydrogens (tertiary/aromatic N) is 1. The molecule has 1 amide bonds. The molecule has 3 rings (SSSR count). The Morgan fingerprint density at radius 3 is 2.35 bits per heavy atom. The number of hydrogen-bond acceptors (Lipinski definition) is 5. The molecule has 0 heterocycles. The Balaban J connectivity index is 1.80. The third-order valence-corrected chi connectivity index (χ3v) is 7.16. The van der Waals surface area contributed by atoms with Crippen LogP contribution in [0.4, 0.5) is 5.69 Å². The molecule has 0 radical (unpaired) electrons. The van der Waals surface area contributed by atoms with Crippen molar-refractivity contribution < 1.29 is 22.7 Å². The van der Waals surface area contributed by atoms with E-state index in [1.807, 2.05) is 38.1 Å². The van der Waals surface area contributed by atoms with Gasteiger partial charge < -0.3 is 14.8 Å². The largest absolute Gasteiger partial charge is 0.495 e. The normalized spacial score (nSPS) is 11.5. The van der Waals surface area contributed by atoms with Crippen LogP contribution in [0.3, 0.4) is 0 Å². The lowest BCUT2D eigenvalue weighted by Gasteiger charge is -2.20. The molecule has 0 aliphatic carbocycles. The standard InChI is InChI=1S/C25H27ClN2O5S/c1-17(2)18-10-12-23(32-4)24(14-18)34(30,31)28(3)16-25(29)27-21-15-19(26)11-13-22(21)33-20-8-6-5-7-9-20/h5-15,17H,16H2,1-4H3,(H,27,29). The Hall–Kier alpha value is -3.07. The number of sulfonamides is 1. The monoisotopic (exact) mass is 502 g/mol. The lowest BCUT2D eigenvalue weighted by molar-refractivity contribution is -0.116. The van der Waals surface area contributed by atoms with Gasteiger partial charge in [-0.3, -0.25) is 4.79 Å². The van der Waals surface area contributed by atoms with Gasteiger partial charge in [-0.25, -0.2) is 8.42 Å². The fraction of sp³-hybridized carbons (Fsp3) is 0.240. The van der Waals surface area contributed by atoms with Crippen molar-refractivity contribution in [3.8, 4) is 17.2 Å². The van der Waals surface area contributed by atoms with Gasteiger partial charge in [-0.05, 0) is 53.9 Å². The number of benzene rings is 3. The number of amides is 1. The molecule has 0 aliphatic rings. The molecule has 9 heteroatoms. The predicted molar refractivity (Wildman–Crippen MR) is 133 cm³/mol. The number of halogens is 1. The molecule has 7 nitrogen and oxygen atoms in total. The first-order valence-electron chi connectivity index (χ1n) is 10.6. The summed E-state index contributed by atoms with van der Waals surface area (Å²) in [5.41, 5.74) is 1.17. The average molecular weight is 503 g/mol. The molecule has 180 valence electrons. The topological polar surface area (TPSA) is 84.9 Å². The fourth-order valence-corrected chi connectivity index (χ4v) is 4.69. The fourth-order valence-electron chi connectivity index (χ4n) is 3.20. The Labute approximate surface area is 205 Å². The van der Waals surface area contributed by atoms with Gasteiger partial charge in [0.2, 0.25) is 15.9 Å². The molecule has 0 unspecified atom stereocenters. The van der Waals surface area contributed by atoms with Crippen molar-refractivity contribution in [1.82, 2.24) is 4.31 Å². The Bertz CT molecular complexity index is 1260. The number of para-hydroxylation sites is 1. The van der Waals surface area contributed by atoms with Crippen molar-refractivity contribution in [2.45, 2.75) is 24.7 Å². The number of hydrogen-bond donors (Lipinski definition) is 1. The third-order valence-electron chi connectivity index (χ3n) is 5.10. The van der Waals surface area contributed by atoms with Gasteiger partial charge in [0.1, 0.15) is 16.4 Å². The van der Waals surface area contributed by atoms with Crippen LogP contribution in [0.1, 0.15) is 25.3 Å². The van der Waals surface area contributed by atoms with E-state index in [1.54, 1.807) is 42.5 Å². The Morgan fingerprint density at radius 2 is 1.71 bits per heavy atom. The summed E-state index contributed by atoms with van der Waals surface area (Å²) in [5.74, 6) is 0.743. The molecular formula is C25H27ClN2O5S. The van der Waals surface area contributed by atoms with E-state index in [-0.39, 0.29) is 16.6 Å². The third kappa shape index (κ3) is 6.08. The number of nitrogens with one attached hydrogen (secondary N) is 1. The maximum absolute atomic E-state index is 13.3. The molecule has 0 spiro atoms. The first kappa shape index (κ1) is 25.6. The van der Waals surface area contributed by atoms with E-state index in [0.717, 1.165) is 9.87 Å². The molecule has 0 fully saturated rings. The molecule has 0 saturated heterocycles. The second kappa shape index (κ2) is 10.9. The summed E-state index contributed by atoms with van der Waals surface area (Å²) in [4.78, 5) is 12.8. The minimum atomic E-state index is -4.00. The van der Waals surface area contributed by atoms with Gasteiger partial charge in [0.25, 0.3) is 0 Å². The quantitative estimate of drug-likeness (QED) is 0.416. The van der Waals surface area contributed by atoms with Gasteiger partial charge in [-0.15, -0.1) is 0 Å². The van der Waals surface area contributed by atoms with Crippen molar-refractivity contribution in [2.75, 3.05) is 26.0 Å². The highest BCUT2D eigenvalue weighted by molar-refractivity contribution is 7.89. The van der Waals surface area contributed by atoms with Crippen molar-refractivity contribution in [3.05, 3.63) is 77.3 Å². The number of rotatable bonds is 9. The highest BCUT2D eigenvalue weighted by Gasteiger charge is 2.27. The summed E-state index contributed by atoms with van der Waals surface area (Å²) in [7, 11) is -1.25. The van der Waals surface area contributed by atoms with E-state index in [2.05, 4.69) is 5.32 Å². The summed E-state index contributed by atoms with van der Waals surface area (Å²) >= 11 is 6.11. The minimum Gasteiger partial charge on any atom is -0.495 e. The van der Waals surface area contributed by atoms with E-state index >= 15 is 0 Å². The van der Waals surface area contributed by atoms with Gasteiger partial charge >= 0.3 is 0 Å². The number of methoxy groups -OCH3 is 1. The second-order valence-corrected chi connectivity index (χ2v) is 10.4. The average Bonchev–Trinajstić information content (AvgIpc) is 2.80. The van der Waals surface area contributed by atoms with E-state index in [0.29, 0.717) is 22.2 Å². The minimum absolute atomic E-state index is 0.00681. The molecule has 3 aromatic rings. The highest BCUT2D eigenvalue weighted by Crippen LogP contribution is 2.33. The van der Waals surface area contributed by atoms with E-state index in [9.17, 15) is 13.2 Å². The van der Waals surface area contributed by atoms with Crippen molar-refractivity contribution >= 4 is 33.2 Å². The molecule has 0 saturated carbocycles. The summed E-state index contributed by atoms with van der Waals surface area (Å²) in [6.45, 7) is 3.51. The molecule has 0 bridgehead atoms. The van der Waals surface area contributed by atoms with Crippen LogP contribution in [-0.4, -0.2) is 39.3 Å². The first-order valence-corrected chi connectivity index (χ1v) is 12.4. The van der Waals surface area contributed by atoms with Crippen LogP contribution >= 0.6 is 11.6 Å². The van der Waals surface area contributed by atoms with Gasteiger partial charge in [0.05, 0.1) is 19.3 Å². The Morgan fingerprint density at radius 1 is 1.03 bits per heavy atom. The van der Waals surface area contributed by atoms with Crippen LogP contribution in [0.5, 0.6) is 17.2 Å². The molecule has 3 aromatic carbocycles. The van der Waals surface area contributed by atoms with E-state index in [4.69, 9.17) is 21.1 Å². The van der Waals surface area contributed by atoms with Gasteiger partial charge in [-0.2, -0.15) is 4.31 Å². The maximum Gasteiger partial charge on any atom is 0.246 e. The number of likely N-dealkylation sites (N-methyl/N-ethyl adjacent to an activating group) is 1. The van der Waals surface area contributed by atoms with Crippen LogP contribution in [-0.2, 0) is 14.8 Å². The van der Waals surface area contributed by atoms with Gasteiger partial charge in [0, 0.05) is 12.1 Å². The molecule has 34 heavy (non-hydrogen) atoms. The number of anilines is 1. The van der Waals surface area contributed by atoms with Crippen molar-refractivity contribution in [2.24, 2.45) is 0 Å². The van der Waals surface area contributed by atoms with Crippen molar-refractivity contribution in [3.63, 3.8) is 0 Å². The van der Waals surface area contributed by atoms with E-state index < -0.39 is 22.5 Å². The summed E-state index contributed by atoms with van der Waals surface area (Å²) in [6, 6.07) is 18.9. The maximum atomic E-state index is 13.3. The zero-order valence-electron chi connectivity index (χ0n) is 19.4. The lowest BCUT2D eigenvalue weighted by atomic mass is 10.0. The number of ether oxygens (including phenoxy) is 2. The molecule has 0 aliphatic heterocycles.